The highest BCUT2D eigenvalue weighted by Gasteiger charge is 2.09. The number of benzene rings is 1. The zero-order valence-corrected chi connectivity index (χ0v) is 12.6. The number of carbonyl (C=O) groups is 2. The van der Waals surface area contributed by atoms with Gasteiger partial charge < -0.3 is 10.6 Å². The molecule has 0 spiro atoms. The molecular formula is C15H17N3O2S. The van der Waals surface area contributed by atoms with Gasteiger partial charge in [-0.25, -0.2) is 4.98 Å². The lowest BCUT2D eigenvalue weighted by atomic mass is 10.1. The Bertz CT molecular complexity index is 610. The third-order valence-electron chi connectivity index (χ3n) is 2.72. The summed E-state index contributed by atoms with van der Waals surface area (Å²) >= 11 is 1.33. The smallest absolute Gasteiger partial charge is 0.230 e. The Kier molecular flexibility index (Phi) is 5.45. The normalized spacial score (nSPS) is 10.1. The Morgan fingerprint density at radius 1 is 1.14 bits per heavy atom. The molecule has 0 aliphatic heterocycles. The van der Waals surface area contributed by atoms with Gasteiger partial charge in [-0.05, 0) is 12.5 Å². The molecule has 5 nitrogen and oxygen atoms in total. The molecule has 2 aromatic rings. The van der Waals surface area contributed by atoms with E-state index in [0.717, 1.165) is 5.56 Å². The van der Waals surface area contributed by atoms with Crippen molar-refractivity contribution >= 4 is 28.3 Å². The lowest BCUT2D eigenvalue weighted by Gasteiger charge is -2.01. The van der Waals surface area contributed by atoms with Crippen LogP contribution in [0, 0.1) is 0 Å². The van der Waals surface area contributed by atoms with Crippen LogP contribution in [0.15, 0.2) is 35.7 Å². The summed E-state index contributed by atoms with van der Waals surface area (Å²) in [7, 11) is 0. The molecule has 0 bridgehead atoms. The van der Waals surface area contributed by atoms with Gasteiger partial charge in [-0.1, -0.05) is 30.3 Å². The van der Waals surface area contributed by atoms with Crippen molar-refractivity contribution in [3.63, 3.8) is 0 Å². The molecule has 0 saturated heterocycles. The Balaban J connectivity index is 1.87. The number of carbonyl (C=O) groups excluding carboxylic acids is 2. The van der Waals surface area contributed by atoms with Crippen molar-refractivity contribution in [2.24, 2.45) is 0 Å². The standard InChI is InChI=1S/C15H17N3O2S/c1-2-16-13(19)9-12-10-21-15(17-12)18-14(20)8-11-6-4-3-5-7-11/h3-7,10H,2,8-9H2,1H3,(H,16,19)(H,17,18,20). The van der Waals surface area contributed by atoms with Gasteiger partial charge in [0.1, 0.15) is 0 Å². The number of hydrogen-bond donors (Lipinski definition) is 2. The van der Waals surface area contributed by atoms with E-state index in [1.165, 1.54) is 11.3 Å². The fourth-order valence-corrected chi connectivity index (χ4v) is 2.54. The quantitative estimate of drug-likeness (QED) is 0.857. The molecule has 0 atom stereocenters. The third-order valence-corrected chi connectivity index (χ3v) is 3.53. The van der Waals surface area contributed by atoms with Gasteiger partial charge in [0.15, 0.2) is 5.13 Å². The fraction of sp³-hybridized carbons (Fsp3) is 0.267. The Labute approximate surface area is 127 Å². The highest BCUT2D eigenvalue weighted by Crippen LogP contribution is 2.16. The number of likely N-dealkylation sites (N-methyl/N-ethyl adjacent to an activating group) is 1. The van der Waals surface area contributed by atoms with E-state index in [0.29, 0.717) is 23.8 Å². The molecular weight excluding hydrogens is 286 g/mol. The maximum atomic E-state index is 11.9. The van der Waals surface area contributed by atoms with Crippen molar-refractivity contribution in [2.45, 2.75) is 19.8 Å². The zero-order chi connectivity index (χ0) is 15.1. The van der Waals surface area contributed by atoms with Gasteiger partial charge in [-0.15, -0.1) is 11.3 Å². The lowest BCUT2D eigenvalue weighted by Crippen LogP contribution is -2.24. The van der Waals surface area contributed by atoms with Gasteiger partial charge >= 0.3 is 0 Å². The van der Waals surface area contributed by atoms with Crippen LogP contribution < -0.4 is 10.6 Å². The number of thiazole rings is 1. The predicted molar refractivity (Wildman–Crippen MR) is 83.3 cm³/mol. The van der Waals surface area contributed by atoms with Gasteiger partial charge in [-0.3, -0.25) is 9.59 Å². The minimum atomic E-state index is -0.111. The summed E-state index contributed by atoms with van der Waals surface area (Å²) in [6.07, 6.45) is 0.547. The van der Waals surface area contributed by atoms with Crippen LogP contribution in [-0.4, -0.2) is 23.3 Å². The van der Waals surface area contributed by atoms with Gasteiger partial charge in [-0.2, -0.15) is 0 Å². The molecule has 6 heteroatoms. The minimum Gasteiger partial charge on any atom is -0.356 e. The van der Waals surface area contributed by atoms with Crippen molar-refractivity contribution < 1.29 is 9.59 Å². The first-order valence-corrected chi connectivity index (χ1v) is 7.60. The molecule has 0 radical (unpaired) electrons. The molecule has 2 amide bonds. The van der Waals surface area contributed by atoms with E-state index >= 15 is 0 Å². The number of hydrogen-bond acceptors (Lipinski definition) is 4. The van der Waals surface area contributed by atoms with Crippen molar-refractivity contribution in [1.29, 1.82) is 0 Å². The van der Waals surface area contributed by atoms with Crippen LogP contribution in [0.3, 0.4) is 0 Å². The second kappa shape index (κ2) is 7.54. The molecule has 2 N–H and O–H groups in total. The zero-order valence-electron chi connectivity index (χ0n) is 11.8. The molecule has 0 aliphatic carbocycles. The van der Waals surface area contributed by atoms with Crippen LogP contribution in [0.2, 0.25) is 0 Å². The van der Waals surface area contributed by atoms with Gasteiger partial charge in [0.25, 0.3) is 0 Å². The Morgan fingerprint density at radius 2 is 1.90 bits per heavy atom. The summed E-state index contributed by atoms with van der Waals surface area (Å²) in [6, 6.07) is 9.52. The van der Waals surface area contributed by atoms with E-state index in [4.69, 9.17) is 0 Å². The second-order valence-corrected chi connectivity index (χ2v) is 5.34. The lowest BCUT2D eigenvalue weighted by molar-refractivity contribution is -0.120. The van der Waals surface area contributed by atoms with Crippen molar-refractivity contribution in [1.82, 2.24) is 10.3 Å². The first-order chi connectivity index (χ1) is 10.2. The van der Waals surface area contributed by atoms with Crippen molar-refractivity contribution in [3.8, 4) is 0 Å². The van der Waals surface area contributed by atoms with E-state index in [-0.39, 0.29) is 18.2 Å². The van der Waals surface area contributed by atoms with Crippen molar-refractivity contribution in [2.75, 3.05) is 11.9 Å². The highest BCUT2D eigenvalue weighted by molar-refractivity contribution is 7.13. The summed E-state index contributed by atoms with van der Waals surface area (Å²) in [5, 5.41) is 7.78. The predicted octanol–water partition coefficient (Wildman–Crippen LogP) is 2.00. The van der Waals surface area contributed by atoms with Crippen LogP contribution in [0.1, 0.15) is 18.2 Å². The largest absolute Gasteiger partial charge is 0.356 e. The topological polar surface area (TPSA) is 71.1 Å². The van der Waals surface area contributed by atoms with E-state index in [1.54, 1.807) is 5.38 Å². The second-order valence-electron chi connectivity index (χ2n) is 4.48. The summed E-state index contributed by atoms with van der Waals surface area (Å²) in [5.74, 6) is -0.176. The molecule has 2 rings (SSSR count). The first kappa shape index (κ1) is 15.2. The van der Waals surface area contributed by atoms with Gasteiger partial charge in [0, 0.05) is 11.9 Å². The van der Waals surface area contributed by atoms with Crippen LogP contribution in [0.5, 0.6) is 0 Å². The maximum absolute atomic E-state index is 11.9. The van der Waals surface area contributed by atoms with E-state index in [9.17, 15) is 9.59 Å². The average molecular weight is 303 g/mol. The van der Waals surface area contributed by atoms with E-state index in [1.807, 2.05) is 37.3 Å². The van der Waals surface area contributed by atoms with E-state index in [2.05, 4.69) is 15.6 Å². The van der Waals surface area contributed by atoms with Crippen LogP contribution in [-0.2, 0) is 22.4 Å². The molecule has 0 unspecified atom stereocenters. The van der Waals surface area contributed by atoms with Gasteiger partial charge in [0.05, 0.1) is 18.5 Å². The van der Waals surface area contributed by atoms with Gasteiger partial charge in [0.2, 0.25) is 11.8 Å². The summed E-state index contributed by atoms with van der Waals surface area (Å²) in [4.78, 5) is 27.6. The monoisotopic (exact) mass is 303 g/mol. The number of anilines is 1. The number of amides is 2. The molecule has 0 saturated carbocycles. The first-order valence-electron chi connectivity index (χ1n) is 6.72. The molecule has 0 aliphatic rings. The third kappa shape index (κ3) is 5.00. The number of aromatic nitrogens is 1. The SMILES string of the molecule is CCNC(=O)Cc1csc(NC(=O)Cc2ccccc2)n1. The molecule has 21 heavy (non-hydrogen) atoms. The van der Waals surface area contributed by atoms with Crippen LogP contribution in [0.4, 0.5) is 5.13 Å². The maximum Gasteiger partial charge on any atom is 0.230 e. The van der Waals surface area contributed by atoms with Crippen LogP contribution in [0.25, 0.3) is 0 Å². The number of rotatable bonds is 6. The van der Waals surface area contributed by atoms with Crippen molar-refractivity contribution in [3.05, 3.63) is 47.0 Å². The molecule has 0 fully saturated rings. The molecule has 110 valence electrons. The molecule has 1 aromatic heterocycles. The summed E-state index contributed by atoms with van der Waals surface area (Å²) < 4.78 is 0. The summed E-state index contributed by atoms with van der Waals surface area (Å²) in [6.45, 7) is 2.47. The number of nitrogens with one attached hydrogen (secondary N) is 2. The average Bonchev–Trinajstić information content (AvgIpc) is 2.87. The van der Waals surface area contributed by atoms with Crippen LogP contribution >= 0.6 is 11.3 Å². The Hall–Kier alpha value is -2.21. The fourth-order valence-electron chi connectivity index (χ4n) is 1.81. The summed E-state index contributed by atoms with van der Waals surface area (Å²) in [5.41, 5.74) is 1.62. The molecule has 1 heterocycles. The number of nitrogens with zero attached hydrogens (tertiary/aromatic N) is 1. The minimum absolute atomic E-state index is 0.0648. The Morgan fingerprint density at radius 3 is 2.62 bits per heavy atom. The molecule has 1 aromatic carbocycles. The van der Waals surface area contributed by atoms with E-state index < -0.39 is 0 Å². The highest BCUT2D eigenvalue weighted by atomic mass is 32.1.